The van der Waals surface area contributed by atoms with Gasteiger partial charge in [-0.2, -0.15) is 0 Å². The van der Waals surface area contributed by atoms with Gasteiger partial charge in [-0.25, -0.2) is 9.59 Å². The van der Waals surface area contributed by atoms with Crippen LogP contribution in [0.1, 0.15) is 53.9 Å². The van der Waals surface area contributed by atoms with Gasteiger partial charge >= 0.3 is 12.1 Å². The summed E-state index contributed by atoms with van der Waals surface area (Å²) in [6.45, 7) is 8.89. The lowest BCUT2D eigenvalue weighted by Gasteiger charge is -2.25. The Bertz CT molecular complexity index is 457. The summed E-state index contributed by atoms with van der Waals surface area (Å²) in [5, 5.41) is 12.7. The predicted octanol–water partition coefficient (Wildman–Crippen LogP) is 1.32. The number of alkyl carbamates (subject to hydrolysis) is 1. The first-order valence-electron chi connectivity index (χ1n) is 7.71. The zero-order valence-corrected chi connectivity index (χ0v) is 14.3. The van der Waals surface area contributed by atoms with E-state index in [9.17, 15) is 19.5 Å². The SMILES string of the molecule is CC(C)C[C@H](NC(=O)OC(C)(C)C)C(=O)ON1C(=O)CCC1O. The van der Waals surface area contributed by atoms with Gasteiger partial charge in [0.25, 0.3) is 5.91 Å². The molecule has 0 bridgehead atoms. The van der Waals surface area contributed by atoms with Gasteiger partial charge in [0, 0.05) is 12.8 Å². The van der Waals surface area contributed by atoms with E-state index in [0.29, 0.717) is 11.5 Å². The average Bonchev–Trinajstić information content (AvgIpc) is 2.66. The zero-order chi connectivity index (χ0) is 17.8. The summed E-state index contributed by atoms with van der Waals surface area (Å²) in [5.74, 6) is -1.17. The van der Waals surface area contributed by atoms with Crippen LogP contribution < -0.4 is 5.32 Å². The molecule has 1 fully saturated rings. The van der Waals surface area contributed by atoms with Crippen molar-refractivity contribution >= 4 is 18.0 Å². The number of nitrogens with zero attached hydrogens (tertiary/aromatic N) is 1. The molecule has 0 aromatic rings. The quantitative estimate of drug-likeness (QED) is 0.788. The summed E-state index contributed by atoms with van der Waals surface area (Å²) < 4.78 is 5.12. The third-order valence-electron chi connectivity index (χ3n) is 3.00. The van der Waals surface area contributed by atoms with Crippen LogP contribution in [0.2, 0.25) is 0 Å². The highest BCUT2D eigenvalue weighted by Crippen LogP contribution is 2.18. The largest absolute Gasteiger partial charge is 0.444 e. The number of aliphatic hydroxyl groups excluding tert-OH is 1. The number of carbonyl (C=O) groups is 3. The van der Waals surface area contributed by atoms with Crippen molar-refractivity contribution in [2.45, 2.75) is 71.8 Å². The fourth-order valence-electron chi connectivity index (χ4n) is 2.05. The predicted molar refractivity (Wildman–Crippen MR) is 80.8 cm³/mol. The molecule has 1 aliphatic rings. The van der Waals surface area contributed by atoms with Gasteiger partial charge < -0.3 is 20.0 Å². The van der Waals surface area contributed by atoms with Gasteiger partial charge in [-0.15, -0.1) is 5.06 Å². The summed E-state index contributed by atoms with van der Waals surface area (Å²) in [7, 11) is 0. The number of nitrogens with one attached hydrogen (secondary N) is 1. The van der Waals surface area contributed by atoms with Crippen LogP contribution in [0.4, 0.5) is 4.79 Å². The standard InChI is InChI=1S/C15H26N2O6/c1-9(2)8-10(16-14(21)22-15(3,4)5)13(20)23-17-11(18)6-7-12(17)19/h9-11,18H,6-8H2,1-5H3,(H,16,21)/t10-,11?/m0/s1. The molecule has 132 valence electrons. The fourth-order valence-corrected chi connectivity index (χ4v) is 2.05. The van der Waals surface area contributed by atoms with Crippen LogP contribution in [0.15, 0.2) is 0 Å². The van der Waals surface area contributed by atoms with Gasteiger partial charge in [0.1, 0.15) is 11.6 Å². The zero-order valence-electron chi connectivity index (χ0n) is 14.3. The van der Waals surface area contributed by atoms with E-state index in [4.69, 9.17) is 9.57 Å². The van der Waals surface area contributed by atoms with Gasteiger partial charge in [-0.05, 0) is 33.1 Å². The highest BCUT2D eigenvalue weighted by molar-refractivity contribution is 5.84. The Kier molecular flexibility index (Phi) is 6.37. The molecule has 23 heavy (non-hydrogen) atoms. The van der Waals surface area contributed by atoms with Crippen molar-refractivity contribution in [1.82, 2.24) is 10.4 Å². The minimum Gasteiger partial charge on any atom is -0.444 e. The normalized spacial score (nSPS) is 19.7. The minimum absolute atomic E-state index is 0.0988. The lowest BCUT2D eigenvalue weighted by Crippen LogP contribution is -2.47. The van der Waals surface area contributed by atoms with Crippen molar-refractivity contribution < 1.29 is 29.1 Å². The van der Waals surface area contributed by atoms with E-state index in [1.165, 1.54) is 0 Å². The molecular formula is C15H26N2O6. The van der Waals surface area contributed by atoms with Gasteiger partial charge in [-0.1, -0.05) is 13.8 Å². The van der Waals surface area contributed by atoms with Gasteiger partial charge in [-0.3, -0.25) is 4.79 Å². The Morgan fingerprint density at radius 3 is 2.43 bits per heavy atom. The molecule has 0 spiro atoms. The highest BCUT2D eigenvalue weighted by atomic mass is 16.7. The van der Waals surface area contributed by atoms with Crippen molar-refractivity contribution in [3.05, 3.63) is 0 Å². The first kappa shape index (κ1) is 19.2. The second kappa shape index (κ2) is 7.63. The number of amides is 2. The molecule has 1 heterocycles. The Balaban J connectivity index is 2.70. The molecule has 8 heteroatoms. The molecule has 0 aromatic carbocycles. The van der Waals surface area contributed by atoms with E-state index in [1.54, 1.807) is 20.8 Å². The number of hydrogen-bond acceptors (Lipinski definition) is 6. The van der Waals surface area contributed by atoms with Crippen molar-refractivity contribution in [1.29, 1.82) is 0 Å². The van der Waals surface area contributed by atoms with Crippen LogP contribution in [-0.2, 0) is 19.2 Å². The maximum atomic E-state index is 12.2. The van der Waals surface area contributed by atoms with E-state index >= 15 is 0 Å². The molecule has 0 saturated carbocycles. The van der Waals surface area contributed by atoms with E-state index in [2.05, 4.69) is 5.32 Å². The van der Waals surface area contributed by atoms with Gasteiger partial charge in [0.2, 0.25) is 0 Å². The van der Waals surface area contributed by atoms with Crippen LogP contribution in [0.5, 0.6) is 0 Å². The Morgan fingerprint density at radius 2 is 2.00 bits per heavy atom. The van der Waals surface area contributed by atoms with Crippen LogP contribution >= 0.6 is 0 Å². The third-order valence-corrected chi connectivity index (χ3v) is 3.00. The van der Waals surface area contributed by atoms with Crippen molar-refractivity contribution in [3.8, 4) is 0 Å². The van der Waals surface area contributed by atoms with E-state index in [0.717, 1.165) is 0 Å². The van der Waals surface area contributed by atoms with Gasteiger partial charge in [0.05, 0.1) is 0 Å². The van der Waals surface area contributed by atoms with Crippen LogP contribution in [0.25, 0.3) is 0 Å². The van der Waals surface area contributed by atoms with Crippen LogP contribution in [0, 0.1) is 5.92 Å². The second-order valence-corrected chi connectivity index (χ2v) is 6.98. The van der Waals surface area contributed by atoms with E-state index < -0.39 is 35.8 Å². The molecule has 1 aliphatic heterocycles. The maximum absolute atomic E-state index is 12.2. The van der Waals surface area contributed by atoms with Crippen LogP contribution in [0.3, 0.4) is 0 Å². The topological polar surface area (TPSA) is 105 Å². The number of carbonyl (C=O) groups excluding carboxylic acids is 3. The van der Waals surface area contributed by atoms with E-state index in [1.807, 2.05) is 13.8 Å². The van der Waals surface area contributed by atoms with Crippen molar-refractivity contribution in [3.63, 3.8) is 0 Å². The molecule has 1 unspecified atom stereocenters. The number of rotatable bonds is 5. The van der Waals surface area contributed by atoms with Gasteiger partial charge in [0.15, 0.2) is 6.23 Å². The lowest BCUT2D eigenvalue weighted by molar-refractivity contribution is -0.222. The van der Waals surface area contributed by atoms with E-state index in [-0.39, 0.29) is 18.8 Å². The molecule has 0 radical (unpaired) electrons. The van der Waals surface area contributed by atoms with Crippen molar-refractivity contribution in [2.24, 2.45) is 5.92 Å². The molecule has 2 amide bonds. The summed E-state index contributed by atoms with van der Waals surface area (Å²) in [5.41, 5.74) is -0.697. The number of ether oxygens (including phenoxy) is 1. The first-order valence-corrected chi connectivity index (χ1v) is 7.71. The molecule has 2 atom stereocenters. The third kappa shape index (κ3) is 6.43. The molecule has 0 aromatic heterocycles. The number of aliphatic hydroxyl groups is 1. The molecule has 1 rings (SSSR count). The maximum Gasteiger partial charge on any atom is 0.408 e. The Morgan fingerprint density at radius 1 is 1.39 bits per heavy atom. The molecule has 2 N–H and O–H groups in total. The number of hydroxylamine groups is 2. The Labute approximate surface area is 136 Å². The molecule has 0 aliphatic carbocycles. The average molecular weight is 330 g/mol. The smallest absolute Gasteiger partial charge is 0.408 e. The molecular weight excluding hydrogens is 304 g/mol. The molecule has 1 saturated heterocycles. The number of hydrogen-bond donors (Lipinski definition) is 2. The summed E-state index contributed by atoms with van der Waals surface area (Å²) >= 11 is 0. The fraction of sp³-hybridized carbons (Fsp3) is 0.800. The summed E-state index contributed by atoms with van der Waals surface area (Å²) in [6.07, 6.45) is -1.25. The lowest BCUT2D eigenvalue weighted by atomic mass is 10.0. The minimum atomic E-state index is -1.15. The Hall–Kier alpha value is -1.83. The molecule has 8 nitrogen and oxygen atoms in total. The monoisotopic (exact) mass is 330 g/mol. The van der Waals surface area contributed by atoms with Crippen LogP contribution in [-0.4, -0.2) is 46.0 Å². The summed E-state index contributed by atoms with van der Waals surface area (Å²) in [4.78, 5) is 40.6. The first-order chi connectivity index (χ1) is 10.5. The highest BCUT2D eigenvalue weighted by Gasteiger charge is 2.35. The second-order valence-electron chi connectivity index (χ2n) is 6.98. The summed E-state index contributed by atoms with van der Waals surface area (Å²) in [6, 6.07) is -0.967. The van der Waals surface area contributed by atoms with Crippen molar-refractivity contribution in [2.75, 3.05) is 0 Å².